The smallest absolute Gasteiger partial charge is 0.326 e. The summed E-state index contributed by atoms with van der Waals surface area (Å²) < 4.78 is 13.5. The molecular formula is C20H27FN2O3. The Morgan fingerprint density at radius 3 is 2.65 bits per heavy atom. The molecule has 0 aromatic heterocycles. The maximum Gasteiger partial charge on any atom is 0.326 e. The summed E-state index contributed by atoms with van der Waals surface area (Å²) in [6.07, 6.45) is 3.15. The molecule has 3 rings (SSSR count). The van der Waals surface area contributed by atoms with E-state index in [1.54, 1.807) is 13.0 Å². The first-order chi connectivity index (χ1) is 12.3. The molecule has 2 saturated heterocycles. The number of nitrogens with zero attached hydrogens (tertiary/aromatic N) is 2. The van der Waals surface area contributed by atoms with Crippen molar-refractivity contribution in [1.29, 1.82) is 0 Å². The van der Waals surface area contributed by atoms with E-state index in [1.807, 2.05) is 13.0 Å². The van der Waals surface area contributed by atoms with Gasteiger partial charge in [-0.1, -0.05) is 6.07 Å². The predicted octanol–water partition coefficient (Wildman–Crippen LogP) is 2.81. The highest BCUT2D eigenvalue weighted by Crippen LogP contribution is 2.41. The number of benzene rings is 1. The molecule has 1 aromatic rings. The molecule has 142 valence electrons. The highest BCUT2D eigenvalue weighted by Gasteiger charge is 2.43. The van der Waals surface area contributed by atoms with Crippen LogP contribution in [0.4, 0.5) is 4.39 Å². The van der Waals surface area contributed by atoms with Crippen molar-refractivity contribution in [2.45, 2.75) is 52.1 Å². The molecule has 0 radical (unpaired) electrons. The minimum atomic E-state index is -0.950. The lowest BCUT2D eigenvalue weighted by molar-refractivity contribution is -0.155. The number of likely N-dealkylation sites (tertiary alicyclic amines) is 2. The molecule has 0 saturated carbocycles. The van der Waals surface area contributed by atoms with Crippen LogP contribution >= 0.6 is 0 Å². The van der Waals surface area contributed by atoms with Crippen LogP contribution in [0.2, 0.25) is 0 Å². The molecular weight excluding hydrogens is 335 g/mol. The lowest BCUT2D eigenvalue weighted by Crippen LogP contribution is -2.55. The van der Waals surface area contributed by atoms with Crippen LogP contribution in [-0.4, -0.2) is 52.5 Å². The number of carboxylic acids is 1. The van der Waals surface area contributed by atoms with Crippen molar-refractivity contribution in [1.82, 2.24) is 9.80 Å². The van der Waals surface area contributed by atoms with Gasteiger partial charge in [0.25, 0.3) is 0 Å². The fourth-order valence-corrected chi connectivity index (χ4v) is 4.18. The van der Waals surface area contributed by atoms with Crippen molar-refractivity contribution < 1.29 is 19.1 Å². The van der Waals surface area contributed by atoms with Crippen LogP contribution in [0.1, 0.15) is 43.7 Å². The van der Waals surface area contributed by atoms with Gasteiger partial charge >= 0.3 is 5.97 Å². The molecule has 1 atom stereocenters. The van der Waals surface area contributed by atoms with E-state index >= 15 is 0 Å². The average molecular weight is 362 g/mol. The average Bonchev–Trinajstić information content (AvgIpc) is 2.62. The van der Waals surface area contributed by atoms with E-state index in [1.165, 1.54) is 11.0 Å². The quantitative estimate of drug-likeness (QED) is 0.895. The van der Waals surface area contributed by atoms with E-state index in [9.17, 15) is 19.1 Å². The number of amides is 1. The standard InChI is InChI=1S/C20H27FN2O3/c1-14-3-4-17(21)11-16(14)12-22-9-7-20(8-10-22)6-5-18(24)23(13-20)15(2)19(25)26/h3-4,11,15H,5-10,12-13H2,1-2H3,(H,25,26)/t15-/m0/s1. The molecule has 0 unspecified atom stereocenters. The second kappa shape index (κ2) is 7.35. The number of aliphatic carboxylic acids is 1. The fourth-order valence-electron chi connectivity index (χ4n) is 4.18. The third-order valence-corrected chi connectivity index (χ3v) is 6.14. The molecule has 5 nitrogen and oxygen atoms in total. The van der Waals surface area contributed by atoms with E-state index in [4.69, 9.17) is 0 Å². The lowest BCUT2D eigenvalue weighted by atomic mass is 9.72. The Kier molecular flexibility index (Phi) is 5.32. The number of carbonyl (C=O) groups excluding carboxylic acids is 1. The summed E-state index contributed by atoms with van der Waals surface area (Å²) in [6.45, 7) is 6.62. The van der Waals surface area contributed by atoms with Crippen LogP contribution in [0, 0.1) is 18.2 Å². The van der Waals surface area contributed by atoms with E-state index in [2.05, 4.69) is 4.90 Å². The number of piperidine rings is 2. The largest absolute Gasteiger partial charge is 0.480 e. The van der Waals surface area contributed by atoms with E-state index in [0.29, 0.717) is 13.0 Å². The minimum Gasteiger partial charge on any atom is -0.480 e. The van der Waals surface area contributed by atoms with Gasteiger partial charge in [0.15, 0.2) is 0 Å². The number of rotatable bonds is 4. The van der Waals surface area contributed by atoms with Gasteiger partial charge in [0, 0.05) is 19.5 Å². The first kappa shape index (κ1) is 18.8. The summed E-state index contributed by atoms with van der Waals surface area (Å²) in [5.74, 6) is -1.21. The zero-order chi connectivity index (χ0) is 18.9. The summed E-state index contributed by atoms with van der Waals surface area (Å²) in [5, 5.41) is 9.26. The van der Waals surface area contributed by atoms with Gasteiger partial charge < -0.3 is 10.0 Å². The number of hydrogen-bond acceptors (Lipinski definition) is 3. The highest BCUT2D eigenvalue weighted by atomic mass is 19.1. The van der Waals surface area contributed by atoms with Gasteiger partial charge in [0.2, 0.25) is 5.91 Å². The van der Waals surface area contributed by atoms with Crippen LogP contribution < -0.4 is 0 Å². The molecule has 1 aromatic carbocycles. The van der Waals surface area contributed by atoms with Crippen molar-refractivity contribution in [3.8, 4) is 0 Å². The van der Waals surface area contributed by atoms with Crippen molar-refractivity contribution in [3.05, 3.63) is 35.1 Å². The molecule has 1 N–H and O–H groups in total. The van der Waals surface area contributed by atoms with Crippen LogP contribution in [0.5, 0.6) is 0 Å². The Balaban J connectivity index is 1.63. The van der Waals surface area contributed by atoms with Gasteiger partial charge in [-0.15, -0.1) is 0 Å². The summed E-state index contributed by atoms with van der Waals surface area (Å²) in [7, 11) is 0. The molecule has 2 aliphatic heterocycles. The second-order valence-corrected chi connectivity index (χ2v) is 7.88. The van der Waals surface area contributed by atoms with Crippen molar-refractivity contribution in [2.75, 3.05) is 19.6 Å². The van der Waals surface area contributed by atoms with E-state index in [-0.39, 0.29) is 17.1 Å². The third-order valence-electron chi connectivity index (χ3n) is 6.14. The molecule has 26 heavy (non-hydrogen) atoms. The van der Waals surface area contributed by atoms with Crippen LogP contribution in [-0.2, 0) is 16.1 Å². The molecule has 6 heteroatoms. The van der Waals surface area contributed by atoms with Crippen LogP contribution in [0.25, 0.3) is 0 Å². The zero-order valence-corrected chi connectivity index (χ0v) is 15.5. The van der Waals surface area contributed by atoms with Gasteiger partial charge in [-0.25, -0.2) is 9.18 Å². The second-order valence-electron chi connectivity index (χ2n) is 7.88. The first-order valence-electron chi connectivity index (χ1n) is 9.29. The normalized spacial score (nSPS) is 21.8. The lowest BCUT2D eigenvalue weighted by Gasteiger charge is -2.48. The summed E-state index contributed by atoms with van der Waals surface area (Å²) in [4.78, 5) is 27.3. The molecule has 2 aliphatic rings. The molecule has 2 fully saturated rings. The first-order valence-corrected chi connectivity index (χ1v) is 9.29. The molecule has 0 aliphatic carbocycles. The SMILES string of the molecule is Cc1ccc(F)cc1CN1CCC2(CCC(=O)N([C@@H](C)C(=O)O)C2)CC1. The number of halogens is 1. The van der Waals surface area contributed by atoms with Gasteiger partial charge in [0.05, 0.1) is 0 Å². The van der Waals surface area contributed by atoms with Gasteiger partial charge in [-0.2, -0.15) is 0 Å². The van der Waals surface area contributed by atoms with E-state index < -0.39 is 12.0 Å². The zero-order valence-electron chi connectivity index (χ0n) is 15.5. The molecule has 1 spiro atoms. The van der Waals surface area contributed by atoms with Gasteiger partial charge in [-0.05, 0) is 74.9 Å². The Labute approximate surface area is 153 Å². The topological polar surface area (TPSA) is 60.9 Å². The Hall–Kier alpha value is -1.95. The highest BCUT2D eigenvalue weighted by molar-refractivity contribution is 5.84. The van der Waals surface area contributed by atoms with Gasteiger partial charge in [0.1, 0.15) is 11.9 Å². The number of carboxylic acid groups (broad SMARTS) is 1. The molecule has 2 heterocycles. The Morgan fingerprint density at radius 1 is 1.31 bits per heavy atom. The van der Waals surface area contributed by atoms with Gasteiger partial charge in [-0.3, -0.25) is 9.69 Å². The maximum absolute atomic E-state index is 13.5. The summed E-state index contributed by atoms with van der Waals surface area (Å²) in [6, 6.07) is 4.14. The van der Waals surface area contributed by atoms with Crippen LogP contribution in [0.3, 0.4) is 0 Å². The van der Waals surface area contributed by atoms with Crippen molar-refractivity contribution >= 4 is 11.9 Å². The number of carbonyl (C=O) groups is 2. The van der Waals surface area contributed by atoms with Crippen LogP contribution in [0.15, 0.2) is 18.2 Å². The maximum atomic E-state index is 13.5. The monoisotopic (exact) mass is 362 g/mol. The predicted molar refractivity (Wildman–Crippen MR) is 96.1 cm³/mol. The molecule has 1 amide bonds. The Morgan fingerprint density at radius 2 is 2.00 bits per heavy atom. The fraction of sp³-hybridized carbons (Fsp3) is 0.600. The van der Waals surface area contributed by atoms with E-state index in [0.717, 1.165) is 50.0 Å². The third kappa shape index (κ3) is 3.90. The number of aryl methyl sites for hydroxylation is 1. The summed E-state index contributed by atoms with van der Waals surface area (Å²) >= 11 is 0. The van der Waals surface area contributed by atoms with Crippen molar-refractivity contribution in [3.63, 3.8) is 0 Å². The van der Waals surface area contributed by atoms with Crippen molar-refractivity contribution in [2.24, 2.45) is 5.41 Å². The number of hydrogen-bond donors (Lipinski definition) is 1. The summed E-state index contributed by atoms with van der Waals surface area (Å²) in [5.41, 5.74) is 2.13. The minimum absolute atomic E-state index is 0.0190. The Bertz CT molecular complexity index is 698. The molecule has 0 bridgehead atoms.